The fourth-order valence-electron chi connectivity index (χ4n) is 4.42. The summed E-state index contributed by atoms with van der Waals surface area (Å²) in [6.45, 7) is 1.89. The van der Waals surface area contributed by atoms with Crippen LogP contribution >= 0.6 is 0 Å². The number of hydrogen-bond acceptors (Lipinski definition) is 6. The van der Waals surface area contributed by atoms with E-state index in [9.17, 15) is 13.2 Å². The summed E-state index contributed by atoms with van der Waals surface area (Å²) in [5, 5.41) is 1.18. The highest BCUT2D eigenvalue weighted by Crippen LogP contribution is 2.45. The third-order valence-electron chi connectivity index (χ3n) is 6.11. The van der Waals surface area contributed by atoms with Gasteiger partial charge in [0.15, 0.2) is 11.4 Å². The van der Waals surface area contributed by atoms with Crippen molar-refractivity contribution in [1.82, 2.24) is 13.5 Å². The van der Waals surface area contributed by atoms with Gasteiger partial charge in [-0.15, -0.1) is 0 Å². The Morgan fingerprint density at radius 2 is 1.71 bits per heavy atom. The predicted octanol–water partition coefficient (Wildman–Crippen LogP) is 4.54. The molecule has 35 heavy (non-hydrogen) atoms. The predicted molar refractivity (Wildman–Crippen MR) is 133 cm³/mol. The molecule has 0 saturated heterocycles. The van der Waals surface area contributed by atoms with Gasteiger partial charge in [-0.25, -0.2) is 22.2 Å². The summed E-state index contributed by atoms with van der Waals surface area (Å²) in [4.78, 5) is 17.4. The van der Waals surface area contributed by atoms with E-state index >= 15 is 0 Å². The summed E-state index contributed by atoms with van der Waals surface area (Å²) < 4.78 is 42.2. The van der Waals surface area contributed by atoms with Crippen molar-refractivity contribution >= 4 is 37.9 Å². The van der Waals surface area contributed by atoms with Crippen LogP contribution in [0.4, 0.5) is 0 Å². The standard InChI is InChI=1S/C26H23N3O5S/c1-16-7-9-17(10-8-16)35(31,32)29-23(24(33-3)20-6-5-14-27-25(20)29)22-18-13-15-28(2)21(18)12-11-19(22)26(30)34-4/h5-15H,1-4H3. The highest BCUT2D eigenvalue weighted by atomic mass is 32.2. The topological polar surface area (TPSA) is 92.4 Å². The third kappa shape index (κ3) is 3.38. The van der Waals surface area contributed by atoms with Crippen molar-refractivity contribution in [1.29, 1.82) is 0 Å². The maximum atomic E-state index is 14.1. The number of nitrogens with zero attached hydrogens (tertiary/aromatic N) is 3. The van der Waals surface area contributed by atoms with Crippen molar-refractivity contribution in [2.24, 2.45) is 7.05 Å². The molecule has 0 aliphatic carbocycles. The quantitative estimate of drug-likeness (QED) is 0.337. The van der Waals surface area contributed by atoms with Crippen LogP contribution in [0.3, 0.4) is 0 Å². The van der Waals surface area contributed by atoms with Gasteiger partial charge in [0.1, 0.15) is 5.69 Å². The maximum Gasteiger partial charge on any atom is 0.338 e. The van der Waals surface area contributed by atoms with Crippen LogP contribution in [0.15, 0.2) is 71.9 Å². The molecule has 0 N–H and O–H groups in total. The molecule has 0 atom stereocenters. The Morgan fingerprint density at radius 3 is 2.40 bits per heavy atom. The second kappa shape index (κ2) is 8.28. The van der Waals surface area contributed by atoms with Crippen LogP contribution in [-0.4, -0.2) is 42.1 Å². The first-order valence-corrected chi connectivity index (χ1v) is 12.3. The molecule has 5 rings (SSSR count). The molecule has 0 bridgehead atoms. The number of aromatic nitrogens is 3. The molecule has 0 saturated carbocycles. The largest absolute Gasteiger partial charge is 0.494 e. The van der Waals surface area contributed by atoms with E-state index in [4.69, 9.17) is 9.47 Å². The molecular formula is C26H23N3O5S. The number of benzene rings is 2. The molecule has 2 aromatic carbocycles. The van der Waals surface area contributed by atoms with Crippen LogP contribution in [0.2, 0.25) is 0 Å². The molecule has 0 amide bonds. The Balaban J connectivity index is 2.00. The van der Waals surface area contributed by atoms with Crippen LogP contribution in [0.1, 0.15) is 15.9 Å². The van der Waals surface area contributed by atoms with E-state index in [2.05, 4.69) is 4.98 Å². The highest BCUT2D eigenvalue weighted by Gasteiger charge is 2.33. The molecule has 3 heterocycles. The lowest BCUT2D eigenvalue weighted by Crippen LogP contribution is -2.16. The van der Waals surface area contributed by atoms with Gasteiger partial charge in [-0.2, -0.15) is 0 Å². The van der Waals surface area contributed by atoms with E-state index in [1.165, 1.54) is 24.4 Å². The Kier molecular flexibility index (Phi) is 5.36. The van der Waals surface area contributed by atoms with Crippen LogP contribution in [0, 0.1) is 6.92 Å². The van der Waals surface area contributed by atoms with Gasteiger partial charge in [0.05, 0.1) is 30.1 Å². The SMILES string of the molecule is COC(=O)c1ccc2c(ccn2C)c1-c1c(OC)c2cccnc2n1S(=O)(=O)c1ccc(C)cc1. The number of methoxy groups -OCH3 is 2. The summed E-state index contributed by atoms with van der Waals surface area (Å²) in [6.07, 6.45) is 3.37. The Morgan fingerprint density at radius 1 is 0.971 bits per heavy atom. The van der Waals surface area contributed by atoms with Gasteiger partial charge < -0.3 is 14.0 Å². The third-order valence-corrected chi connectivity index (χ3v) is 7.82. The van der Waals surface area contributed by atoms with E-state index in [0.29, 0.717) is 22.1 Å². The van der Waals surface area contributed by atoms with Crippen LogP contribution < -0.4 is 4.74 Å². The Bertz CT molecular complexity index is 1710. The zero-order valence-electron chi connectivity index (χ0n) is 19.6. The van der Waals surface area contributed by atoms with Gasteiger partial charge in [0, 0.05) is 35.9 Å². The van der Waals surface area contributed by atoms with E-state index in [-0.39, 0.29) is 21.8 Å². The van der Waals surface area contributed by atoms with Crippen molar-refractivity contribution in [2.45, 2.75) is 11.8 Å². The Labute approximate surface area is 202 Å². The first-order chi connectivity index (χ1) is 16.8. The lowest BCUT2D eigenvalue weighted by atomic mass is 9.99. The number of fused-ring (bicyclic) bond motifs is 2. The minimum atomic E-state index is -4.15. The summed E-state index contributed by atoms with van der Waals surface area (Å²) >= 11 is 0. The van der Waals surface area contributed by atoms with Crippen molar-refractivity contribution < 1.29 is 22.7 Å². The fourth-order valence-corrected chi connectivity index (χ4v) is 5.90. The van der Waals surface area contributed by atoms with Gasteiger partial charge in [-0.1, -0.05) is 17.7 Å². The average Bonchev–Trinajstić information content (AvgIpc) is 3.41. The second-order valence-electron chi connectivity index (χ2n) is 8.18. The second-order valence-corrected chi connectivity index (χ2v) is 9.96. The number of carbonyl (C=O) groups excluding carboxylic acids is 1. The summed E-state index contributed by atoms with van der Waals surface area (Å²) in [6, 6.07) is 15.3. The number of rotatable bonds is 5. The normalized spacial score (nSPS) is 11.8. The molecule has 9 heteroatoms. The fraction of sp³-hybridized carbons (Fsp3) is 0.154. The summed E-state index contributed by atoms with van der Waals surface area (Å²) in [5.74, 6) is -0.296. The summed E-state index contributed by atoms with van der Waals surface area (Å²) in [7, 11) is 0.490. The highest BCUT2D eigenvalue weighted by molar-refractivity contribution is 7.90. The lowest BCUT2D eigenvalue weighted by Gasteiger charge is -2.16. The molecular weight excluding hydrogens is 466 g/mol. The number of esters is 1. The van der Waals surface area contributed by atoms with E-state index in [1.54, 1.807) is 48.5 Å². The average molecular weight is 490 g/mol. The molecule has 0 fully saturated rings. The van der Waals surface area contributed by atoms with Crippen molar-refractivity contribution in [2.75, 3.05) is 14.2 Å². The first kappa shape index (κ1) is 22.7. The molecule has 0 unspecified atom stereocenters. The minimum absolute atomic E-state index is 0.0920. The lowest BCUT2D eigenvalue weighted by molar-refractivity contribution is 0.0601. The van der Waals surface area contributed by atoms with E-state index < -0.39 is 16.0 Å². The molecule has 0 aliphatic rings. The maximum absolute atomic E-state index is 14.1. The molecule has 0 radical (unpaired) electrons. The Hall–Kier alpha value is -4.11. The number of pyridine rings is 1. The zero-order chi connectivity index (χ0) is 24.9. The number of carbonyl (C=O) groups is 1. The van der Waals surface area contributed by atoms with Crippen molar-refractivity contribution in [3.8, 4) is 17.0 Å². The number of hydrogen-bond donors (Lipinski definition) is 0. The van der Waals surface area contributed by atoms with Crippen LogP contribution in [0.5, 0.6) is 5.75 Å². The van der Waals surface area contributed by atoms with Gasteiger partial charge in [0.2, 0.25) is 0 Å². The van der Waals surface area contributed by atoms with Gasteiger partial charge >= 0.3 is 5.97 Å². The molecule has 8 nitrogen and oxygen atoms in total. The molecule has 0 spiro atoms. The number of ether oxygens (including phenoxy) is 2. The van der Waals surface area contributed by atoms with Gasteiger partial charge in [-0.3, -0.25) is 0 Å². The number of aryl methyl sites for hydroxylation is 2. The zero-order valence-corrected chi connectivity index (χ0v) is 20.5. The van der Waals surface area contributed by atoms with Crippen molar-refractivity contribution in [3.63, 3.8) is 0 Å². The van der Waals surface area contributed by atoms with Crippen LogP contribution in [0.25, 0.3) is 33.2 Å². The molecule has 5 aromatic rings. The monoisotopic (exact) mass is 489 g/mol. The van der Waals surface area contributed by atoms with E-state index in [1.807, 2.05) is 30.8 Å². The van der Waals surface area contributed by atoms with E-state index in [0.717, 1.165) is 11.1 Å². The molecule has 0 aliphatic heterocycles. The van der Waals surface area contributed by atoms with Gasteiger partial charge in [-0.05, 0) is 49.4 Å². The molecule has 178 valence electrons. The molecule has 3 aromatic heterocycles. The summed E-state index contributed by atoms with van der Waals surface area (Å²) in [5.41, 5.74) is 2.75. The van der Waals surface area contributed by atoms with Crippen LogP contribution in [-0.2, 0) is 21.8 Å². The smallest absolute Gasteiger partial charge is 0.338 e. The minimum Gasteiger partial charge on any atom is -0.494 e. The van der Waals surface area contributed by atoms with Gasteiger partial charge in [0.25, 0.3) is 10.0 Å². The first-order valence-electron chi connectivity index (χ1n) is 10.8. The van der Waals surface area contributed by atoms with Crippen molar-refractivity contribution in [3.05, 3.63) is 78.1 Å².